The smallest absolute Gasteiger partial charge is 0.398 e. The molecular formula is C11H9F3N2. The fourth-order valence-corrected chi connectivity index (χ4v) is 1.55. The molecular weight excluding hydrogens is 217 g/mol. The molecule has 0 bridgehead atoms. The Hall–Kier alpha value is -1.78. The van der Waals surface area contributed by atoms with Gasteiger partial charge < -0.3 is 5.73 Å². The molecule has 16 heavy (non-hydrogen) atoms. The highest BCUT2D eigenvalue weighted by Crippen LogP contribution is 2.34. The highest BCUT2D eigenvalue weighted by Gasteiger charge is 2.31. The van der Waals surface area contributed by atoms with Gasteiger partial charge in [0.05, 0.1) is 5.56 Å². The van der Waals surface area contributed by atoms with E-state index in [9.17, 15) is 13.2 Å². The van der Waals surface area contributed by atoms with Crippen LogP contribution >= 0.6 is 0 Å². The molecule has 84 valence electrons. The van der Waals surface area contributed by atoms with Crippen LogP contribution in [0.25, 0.3) is 10.8 Å². The second-order valence-corrected chi connectivity index (χ2v) is 3.61. The number of rotatable bonds is 0. The van der Waals surface area contributed by atoms with Crippen molar-refractivity contribution < 1.29 is 13.2 Å². The monoisotopic (exact) mass is 226 g/mol. The Balaban J connectivity index is 2.74. The van der Waals surface area contributed by atoms with Crippen molar-refractivity contribution in [2.75, 3.05) is 5.73 Å². The van der Waals surface area contributed by atoms with Gasteiger partial charge in [0.25, 0.3) is 0 Å². The lowest BCUT2D eigenvalue weighted by Crippen LogP contribution is -2.06. The molecule has 2 aromatic rings. The standard InChI is InChI=1S/C11H9F3N2/c1-6-2-9-7(5-16-6)3-8(4-10(9)15)11(12,13)14/h2-5H,15H2,1H3. The minimum absolute atomic E-state index is 0.121. The number of fused-ring (bicyclic) bond motifs is 1. The summed E-state index contributed by atoms with van der Waals surface area (Å²) in [7, 11) is 0. The second-order valence-electron chi connectivity index (χ2n) is 3.61. The zero-order chi connectivity index (χ0) is 11.9. The Morgan fingerprint density at radius 3 is 2.50 bits per heavy atom. The molecule has 0 aliphatic heterocycles. The molecule has 0 radical (unpaired) electrons. The molecule has 2 nitrogen and oxygen atoms in total. The van der Waals surface area contributed by atoms with Gasteiger partial charge in [0.15, 0.2) is 0 Å². The summed E-state index contributed by atoms with van der Waals surface area (Å²) in [5.41, 5.74) is 5.69. The van der Waals surface area contributed by atoms with E-state index in [2.05, 4.69) is 4.98 Å². The molecule has 0 atom stereocenters. The lowest BCUT2D eigenvalue weighted by molar-refractivity contribution is -0.137. The first-order valence-corrected chi connectivity index (χ1v) is 4.61. The lowest BCUT2D eigenvalue weighted by atomic mass is 10.1. The van der Waals surface area contributed by atoms with Crippen LogP contribution in [-0.4, -0.2) is 4.98 Å². The largest absolute Gasteiger partial charge is 0.416 e. The summed E-state index contributed by atoms with van der Waals surface area (Å²) in [6.07, 6.45) is -2.98. The van der Waals surface area contributed by atoms with Gasteiger partial charge in [-0.2, -0.15) is 13.2 Å². The number of alkyl halides is 3. The summed E-state index contributed by atoms with van der Waals surface area (Å²) in [4.78, 5) is 3.95. The number of pyridine rings is 1. The van der Waals surface area contributed by atoms with E-state index in [0.29, 0.717) is 10.8 Å². The summed E-state index contributed by atoms with van der Waals surface area (Å²) >= 11 is 0. The van der Waals surface area contributed by atoms with Crippen LogP contribution in [0.3, 0.4) is 0 Å². The van der Waals surface area contributed by atoms with E-state index in [-0.39, 0.29) is 5.69 Å². The van der Waals surface area contributed by atoms with Gasteiger partial charge in [-0.1, -0.05) is 0 Å². The number of benzene rings is 1. The van der Waals surface area contributed by atoms with Gasteiger partial charge >= 0.3 is 6.18 Å². The fraction of sp³-hybridized carbons (Fsp3) is 0.182. The summed E-state index contributed by atoms with van der Waals surface area (Å²) in [5.74, 6) is 0. The van der Waals surface area contributed by atoms with Crippen LogP contribution in [0.2, 0.25) is 0 Å². The Morgan fingerprint density at radius 2 is 1.88 bits per heavy atom. The summed E-state index contributed by atoms with van der Waals surface area (Å²) < 4.78 is 37.5. The lowest BCUT2D eigenvalue weighted by Gasteiger charge is -2.10. The van der Waals surface area contributed by atoms with E-state index >= 15 is 0 Å². The van der Waals surface area contributed by atoms with Crippen LogP contribution in [0.15, 0.2) is 24.4 Å². The van der Waals surface area contributed by atoms with Gasteiger partial charge in [0.1, 0.15) is 0 Å². The number of nitrogens with zero attached hydrogens (tertiary/aromatic N) is 1. The average molecular weight is 226 g/mol. The van der Waals surface area contributed by atoms with Crippen molar-refractivity contribution in [2.45, 2.75) is 13.1 Å². The molecule has 0 saturated heterocycles. The summed E-state index contributed by atoms with van der Waals surface area (Å²) in [6.45, 7) is 1.76. The van der Waals surface area contributed by atoms with Crippen molar-refractivity contribution >= 4 is 16.5 Å². The van der Waals surface area contributed by atoms with Gasteiger partial charge in [-0.3, -0.25) is 4.98 Å². The predicted octanol–water partition coefficient (Wildman–Crippen LogP) is 3.14. The highest BCUT2D eigenvalue weighted by molar-refractivity contribution is 5.93. The maximum Gasteiger partial charge on any atom is 0.416 e. The molecule has 0 unspecified atom stereocenters. The third kappa shape index (κ3) is 1.80. The molecule has 1 heterocycles. The van der Waals surface area contributed by atoms with Crippen molar-refractivity contribution in [1.29, 1.82) is 0 Å². The van der Waals surface area contributed by atoms with E-state index in [1.807, 2.05) is 0 Å². The average Bonchev–Trinajstić information content (AvgIpc) is 2.17. The Labute approximate surface area is 89.9 Å². The van der Waals surface area contributed by atoms with Crippen molar-refractivity contribution in [2.24, 2.45) is 0 Å². The first-order valence-electron chi connectivity index (χ1n) is 4.61. The molecule has 0 amide bonds. The molecule has 1 aromatic heterocycles. The Morgan fingerprint density at radius 1 is 1.19 bits per heavy atom. The number of aryl methyl sites for hydroxylation is 1. The van der Waals surface area contributed by atoms with Gasteiger partial charge in [0, 0.05) is 28.4 Å². The molecule has 0 aliphatic rings. The predicted molar refractivity (Wildman–Crippen MR) is 55.9 cm³/mol. The Bertz CT molecular complexity index is 547. The van der Waals surface area contributed by atoms with Gasteiger partial charge in [-0.05, 0) is 25.1 Å². The van der Waals surface area contributed by atoms with Crippen LogP contribution in [0.4, 0.5) is 18.9 Å². The van der Waals surface area contributed by atoms with Crippen LogP contribution in [0.1, 0.15) is 11.3 Å². The fourth-order valence-electron chi connectivity index (χ4n) is 1.55. The van der Waals surface area contributed by atoms with E-state index in [4.69, 9.17) is 5.73 Å². The van der Waals surface area contributed by atoms with Crippen molar-refractivity contribution in [1.82, 2.24) is 4.98 Å². The number of hydrogen-bond acceptors (Lipinski definition) is 2. The molecule has 2 N–H and O–H groups in total. The third-order valence-electron chi connectivity index (χ3n) is 2.33. The number of nitrogen functional groups attached to an aromatic ring is 1. The minimum atomic E-state index is -4.38. The van der Waals surface area contributed by atoms with Crippen LogP contribution in [-0.2, 0) is 6.18 Å². The minimum Gasteiger partial charge on any atom is -0.398 e. The molecule has 0 spiro atoms. The molecule has 0 saturated carbocycles. The normalized spacial score (nSPS) is 12.0. The molecule has 1 aromatic carbocycles. The van der Waals surface area contributed by atoms with Gasteiger partial charge in [0.2, 0.25) is 0 Å². The zero-order valence-corrected chi connectivity index (χ0v) is 8.47. The van der Waals surface area contributed by atoms with Crippen molar-refractivity contribution in [3.8, 4) is 0 Å². The third-order valence-corrected chi connectivity index (χ3v) is 2.33. The van der Waals surface area contributed by atoms with Gasteiger partial charge in [-0.25, -0.2) is 0 Å². The number of anilines is 1. The second kappa shape index (κ2) is 3.37. The number of hydrogen-bond donors (Lipinski definition) is 1. The summed E-state index contributed by atoms with van der Waals surface area (Å²) in [6, 6.07) is 3.67. The van der Waals surface area contributed by atoms with E-state index < -0.39 is 11.7 Å². The van der Waals surface area contributed by atoms with Gasteiger partial charge in [-0.15, -0.1) is 0 Å². The molecule has 0 fully saturated rings. The first kappa shape index (κ1) is 10.7. The molecule has 2 rings (SSSR count). The van der Waals surface area contributed by atoms with Crippen molar-refractivity contribution in [3.05, 3.63) is 35.7 Å². The van der Waals surface area contributed by atoms with E-state index in [1.165, 1.54) is 6.20 Å². The molecule has 0 aliphatic carbocycles. The topological polar surface area (TPSA) is 38.9 Å². The van der Waals surface area contributed by atoms with Crippen LogP contribution < -0.4 is 5.73 Å². The van der Waals surface area contributed by atoms with Crippen LogP contribution in [0.5, 0.6) is 0 Å². The van der Waals surface area contributed by atoms with Crippen LogP contribution in [0, 0.1) is 6.92 Å². The quantitative estimate of drug-likeness (QED) is 0.701. The SMILES string of the molecule is Cc1cc2c(N)cc(C(F)(F)F)cc2cn1. The first-order chi connectivity index (χ1) is 7.38. The number of aromatic nitrogens is 1. The van der Waals surface area contributed by atoms with E-state index in [0.717, 1.165) is 17.8 Å². The number of nitrogens with two attached hydrogens (primary N) is 1. The maximum atomic E-state index is 12.5. The maximum absolute atomic E-state index is 12.5. The Kier molecular flexibility index (Phi) is 2.26. The van der Waals surface area contributed by atoms with Crippen molar-refractivity contribution in [3.63, 3.8) is 0 Å². The zero-order valence-electron chi connectivity index (χ0n) is 8.47. The summed E-state index contributed by atoms with van der Waals surface area (Å²) in [5, 5.41) is 0.999. The highest BCUT2D eigenvalue weighted by atomic mass is 19.4. The molecule has 5 heteroatoms. The van der Waals surface area contributed by atoms with E-state index in [1.54, 1.807) is 13.0 Å². The number of halogens is 3.